The van der Waals surface area contributed by atoms with Gasteiger partial charge in [0, 0.05) is 50.7 Å². The lowest BCUT2D eigenvalue weighted by molar-refractivity contribution is -0.127. The number of hydrogen-bond acceptors (Lipinski definition) is 6. The molecule has 7 heteroatoms. The van der Waals surface area contributed by atoms with Crippen LogP contribution in [0.2, 0.25) is 0 Å². The first-order chi connectivity index (χ1) is 16.6. The van der Waals surface area contributed by atoms with Crippen LogP contribution in [0.15, 0.2) is 53.1 Å². The molecular formula is C27H30N4O3. The van der Waals surface area contributed by atoms with E-state index in [0.717, 1.165) is 75.5 Å². The number of amides is 1. The van der Waals surface area contributed by atoms with Crippen molar-refractivity contribution < 1.29 is 14.1 Å². The molecule has 0 saturated carbocycles. The maximum Gasteiger partial charge on any atom is 0.246 e. The zero-order chi connectivity index (χ0) is 23.3. The van der Waals surface area contributed by atoms with Gasteiger partial charge >= 0.3 is 0 Å². The highest BCUT2D eigenvalue weighted by Crippen LogP contribution is 2.26. The summed E-state index contributed by atoms with van der Waals surface area (Å²) in [6, 6.07) is 14.2. The van der Waals surface area contributed by atoms with Crippen molar-refractivity contribution >= 4 is 12.0 Å². The van der Waals surface area contributed by atoms with Gasteiger partial charge in [0.05, 0.1) is 6.61 Å². The molecule has 0 spiro atoms. The van der Waals surface area contributed by atoms with Crippen LogP contribution in [0.3, 0.4) is 0 Å². The van der Waals surface area contributed by atoms with E-state index in [9.17, 15) is 4.79 Å². The Hall–Kier alpha value is -3.45. The Morgan fingerprint density at radius 2 is 1.91 bits per heavy atom. The Balaban J connectivity index is 1.04. The number of aryl methyl sites for hydroxylation is 2. The van der Waals surface area contributed by atoms with Crippen LogP contribution < -0.4 is 4.74 Å². The fourth-order valence-corrected chi connectivity index (χ4v) is 4.41. The van der Waals surface area contributed by atoms with Crippen LogP contribution in [0.4, 0.5) is 0 Å². The first-order valence-electron chi connectivity index (χ1n) is 12.0. The van der Waals surface area contributed by atoms with E-state index in [0.29, 0.717) is 11.7 Å². The van der Waals surface area contributed by atoms with Crippen LogP contribution in [-0.4, -0.2) is 65.2 Å². The SMILES string of the molecule is Cc1ccc(-c2noc(CCCN3CCN(C(=O)C=Cc4ccc5c(c4)CCO5)CC3)n2)cc1. The third-order valence-electron chi connectivity index (χ3n) is 6.46. The molecule has 1 saturated heterocycles. The van der Waals surface area contributed by atoms with Crippen molar-refractivity contribution in [1.82, 2.24) is 19.9 Å². The minimum absolute atomic E-state index is 0.0749. The summed E-state index contributed by atoms with van der Waals surface area (Å²) in [7, 11) is 0. The van der Waals surface area contributed by atoms with Crippen LogP contribution in [0.25, 0.3) is 17.5 Å². The lowest BCUT2D eigenvalue weighted by Gasteiger charge is -2.34. The molecule has 3 heterocycles. The molecule has 1 fully saturated rings. The summed E-state index contributed by atoms with van der Waals surface area (Å²) in [5.74, 6) is 2.35. The molecule has 3 aromatic rings. The van der Waals surface area contributed by atoms with Crippen molar-refractivity contribution in [2.45, 2.75) is 26.2 Å². The number of rotatable bonds is 7. The highest BCUT2D eigenvalue weighted by atomic mass is 16.5. The van der Waals surface area contributed by atoms with Crippen molar-refractivity contribution in [3.8, 4) is 17.1 Å². The van der Waals surface area contributed by atoms with Gasteiger partial charge in [-0.05, 0) is 49.2 Å². The number of aromatic nitrogens is 2. The highest BCUT2D eigenvalue weighted by Gasteiger charge is 2.20. The van der Waals surface area contributed by atoms with Crippen molar-refractivity contribution in [3.63, 3.8) is 0 Å². The third-order valence-corrected chi connectivity index (χ3v) is 6.46. The number of hydrogen-bond donors (Lipinski definition) is 0. The quantitative estimate of drug-likeness (QED) is 0.502. The van der Waals surface area contributed by atoms with Gasteiger partial charge in [0.15, 0.2) is 0 Å². The van der Waals surface area contributed by atoms with Gasteiger partial charge in [-0.2, -0.15) is 4.98 Å². The first-order valence-corrected chi connectivity index (χ1v) is 12.0. The predicted octanol–water partition coefficient (Wildman–Crippen LogP) is 3.77. The summed E-state index contributed by atoms with van der Waals surface area (Å²) in [5, 5.41) is 4.11. The minimum atomic E-state index is 0.0749. The van der Waals surface area contributed by atoms with E-state index in [4.69, 9.17) is 9.26 Å². The van der Waals surface area contributed by atoms with E-state index in [1.54, 1.807) is 6.08 Å². The van der Waals surface area contributed by atoms with Gasteiger partial charge in [0.25, 0.3) is 0 Å². The second-order valence-electron chi connectivity index (χ2n) is 8.95. The van der Waals surface area contributed by atoms with E-state index < -0.39 is 0 Å². The van der Waals surface area contributed by atoms with E-state index in [-0.39, 0.29) is 5.91 Å². The summed E-state index contributed by atoms with van der Waals surface area (Å²) in [4.78, 5) is 21.5. The van der Waals surface area contributed by atoms with Gasteiger partial charge in [-0.1, -0.05) is 41.1 Å². The number of carbonyl (C=O) groups excluding carboxylic acids is 1. The molecule has 1 amide bonds. The zero-order valence-electron chi connectivity index (χ0n) is 19.6. The van der Waals surface area contributed by atoms with Gasteiger partial charge < -0.3 is 14.2 Å². The average Bonchev–Trinajstić information content (AvgIpc) is 3.53. The molecule has 0 atom stereocenters. The zero-order valence-corrected chi connectivity index (χ0v) is 19.6. The molecule has 0 aliphatic carbocycles. The minimum Gasteiger partial charge on any atom is -0.493 e. The summed E-state index contributed by atoms with van der Waals surface area (Å²) in [6.45, 7) is 7.02. The Labute approximate surface area is 200 Å². The molecular weight excluding hydrogens is 428 g/mol. The van der Waals surface area contributed by atoms with Gasteiger partial charge in [0.2, 0.25) is 17.6 Å². The molecule has 2 aliphatic rings. The lowest BCUT2D eigenvalue weighted by Crippen LogP contribution is -2.48. The normalized spacial score (nSPS) is 16.1. The van der Waals surface area contributed by atoms with Gasteiger partial charge in [-0.3, -0.25) is 9.69 Å². The molecule has 7 nitrogen and oxygen atoms in total. The Kier molecular flexibility index (Phi) is 6.72. The fourth-order valence-electron chi connectivity index (χ4n) is 4.41. The third kappa shape index (κ3) is 5.37. The van der Waals surface area contributed by atoms with Crippen molar-refractivity contribution in [2.75, 3.05) is 39.3 Å². The summed E-state index contributed by atoms with van der Waals surface area (Å²) < 4.78 is 11.0. The molecule has 2 aromatic carbocycles. The van der Waals surface area contributed by atoms with Crippen molar-refractivity contribution in [2.24, 2.45) is 0 Å². The van der Waals surface area contributed by atoms with E-state index in [1.807, 2.05) is 47.4 Å². The highest BCUT2D eigenvalue weighted by molar-refractivity contribution is 5.91. The second kappa shape index (κ2) is 10.2. The van der Waals surface area contributed by atoms with E-state index >= 15 is 0 Å². The van der Waals surface area contributed by atoms with Gasteiger partial charge in [0.1, 0.15) is 5.75 Å². The average molecular weight is 459 g/mol. The molecule has 0 radical (unpaired) electrons. The lowest BCUT2D eigenvalue weighted by atomic mass is 10.1. The molecule has 176 valence electrons. The summed E-state index contributed by atoms with van der Waals surface area (Å²) >= 11 is 0. The Morgan fingerprint density at radius 3 is 2.74 bits per heavy atom. The van der Waals surface area contributed by atoms with Gasteiger partial charge in [-0.15, -0.1) is 0 Å². The second-order valence-corrected chi connectivity index (χ2v) is 8.95. The molecule has 1 aromatic heterocycles. The fraction of sp³-hybridized carbons (Fsp3) is 0.370. The molecule has 0 unspecified atom stereocenters. The molecule has 0 bridgehead atoms. The number of carbonyl (C=O) groups is 1. The number of fused-ring (bicyclic) bond motifs is 1. The predicted molar refractivity (Wildman–Crippen MR) is 130 cm³/mol. The Morgan fingerprint density at radius 1 is 1.09 bits per heavy atom. The van der Waals surface area contributed by atoms with Crippen LogP contribution in [0.5, 0.6) is 5.75 Å². The van der Waals surface area contributed by atoms with Crippen LogP contribution >= 0.6 is 0 Å². The van der Waals surface area contributed by atoms with Crippen LogP contribution in [-0.2, 0) is 17.6 Å². The summed E-state index contributed by atoms with van der Waals surface area (Å²) in [5.41, 5.74) is 4.44. The van der Waals surface area contributed by atoms with Gasteiger partial charge in [-0.25, -0.2) is 0 Å². The number of ether oxygens (including phenoxy) is 1. The maximum absolute atomic E-state index is 12.6. The monoisotopic (exact) mass is 458 g/mol. The van der Waals surface area contributed by atoms with Crippen molar-refractivity contribution in [1.29, 1.82) is 0 Å². The van der Waals surface area contributed by atoms with E-state index in [1.165, 1.54) is 11.1 Å². The maximum atomic E-state index is 12.6. The molecule has 5 rings (SSSR count). The molecule has 34 heavy (non-hydrogen) atoms. The number of piperazine rings is 1. The van der Waals surface area contributed by atoms with E-state index in [2.05, 4.69) is 28.0 Å². The number of benzene rings is 2. The smallest absolute Gasteiger partial charge is 0.246 e. The van der Waals surface area contributed by atoms with Crippen molar-refractivity contribution in [3.05, 3.63) is 71.1 Å². The summed E-state index contributed by atoms with van der Waals surface area (Å²) in [6.07, 6.45) is 6.24. The van der Waals surface area contributed by atoms with Crippen LogP contribution in [0.1, 0.15) is 29.0 Å². The first kappa shape index (κ1) is 22.3. The Bertz CT molecular complexity index is 1160. The molecule has 0 N–H and O–H groups in total. The standard InChI is InChI=1S/C27H30N4O3/c1-20-4-8-22(9-5-20)27-28-25(34-29-27)3-2-13-30-14-16-31(17-15-30)26(32)11-7-21-6-10-24-23(19-21)12-18-33-24/h4-11,19H,2-3,12-18H2,1H3. The van der Waals surface area contributed by atoms with Crippen LogP contribution in [0, 0.1) is 6.92 Å². The topological polar surface area (TPSA) is 71.7 Å². The largest absolute Gasteiger partial charge is 0.493 e. The molecule has 2 aliphatic heterocycles. The number of nitrogens with zero attached hydrogens (tertiary/aromatic N) is 4.